The lowest BCUT2D eigenvalue weighted by Gasteiger charge is -2.35. The molecular formula is C10H16ClNO2. The monoisotopic (exact) mass is 217 g/mol. The highest BCUT2D eigenvalue weighted by molar-refractivity contribution is 6.20. The minimum Gasteiger partial charge on any atom is -0.450 e. The molecule has 2 bridgehead atoms. The summed E-state index contributed by atoms with van der Waals surface area (Å²) in [5, 5.41) is 0.248. The minimum absolute atomic E-state index is 0.149. The van der Waals surface area contributed by atoms with Crippen LogP contribution in [0.2, 0.25) is 0 Å². The zero-order valence-electron chi connectivity index (χ0n) is 8.41. The van der Waals surface area contributed by atoms with Crippen LogP contribution in [-0.4, -0.2) is 35.1 Å². The maximum absolute atomic E-state index is 11.6. The number of halogens is 1. The SMILES string of the molecule is CCOC(=O)N1[C@@H]2CC[C@H]1CC(Cl)C2. The maximum Gasteiger partial charge on any atom is 0.410 e. The molecule has 0 saturated carbocycles. The number of carbonyl (C=O) groups excluding carboxylic acids is 1. The van der Waals surface area contributed by atoms with Gasteiger partial charge in [0, 0.05) is 17.5 Å². The Morgan fingerprint density at radius 1 is 1.43 bits per heavy atom. The highest BCUT2D eigenvalue weighted by atomic mass is 35.5. The Balaban J connectivity index is 2.03. The van der Waals surface area contributed by atoms with Gasteiger partial charge in [-0.25, -0.2) is 4.79 Å². The molecule has 0 aromatic heterocycles. The van der Waals surface area contributed by atoms with Gasteiger partial charge in [0.25, 0.3) is 0 Å². The van der Waals surface area contributed by atoms with Gasteiger partial charge in [0.05, 0.1) is 6.61 Å². The van der Waals surface area contributed by atoms with E-state index in [2.05, 4.69) is 0 Å². The maximum atomic E-state index is 11.6. The number of ether oxygens (including phenoxy) is 1. The quantitative estimate of drug-likeness (QED) is 0.632. The van der Waals surface area contributed by atoms with Crippen molar-refractivity contribution < 1.29 is 9.53 Å². The molecule has 0 aliphatic carbocycles. The number of nitrogens with zero attached hydrogens (tertiary/aromatic N) is 1. The molecule has 2 fully saturated rings. The molecule has 1 amide bonds. The van der Waals surface area contributed by atoms with Crippen molar-refractivity contribution in [2.75, 3.05) is 6.61 Å². The molecule has 2 heterocycles. The molecule has 0 aromatic rings. The second-order valence-corrected chi connectivity index (χ2v) is 4.68. The van der Waals surface area contributed by atoms with Crippen LogP contribution >= 0.6 is 11.6 Å². The van der Waals surface area contributed by atoms with Crippen LogP contribution in [0.15, 0.2) is 0 Å². The Morgan fingerprint density at radius 2 is 2.00 bits per heavy atom. The van der Waals surface area contributed by atoms with Crippen LogP contribution in [-0.2, 0) is 4.74 Å². The normalized spacial score (nSPS) is 35.9. The van der Waals surface area contributed by atoms with Gasteiger partial charge in [0.1, 0.15) is 0 Å². The Bertz CT molecular complexity index is 220. The van der Waals surface area contributed by atoms with Gasteiger partial charge in [-0.2, -0.15) is 0 Å². The molecule has 2 aliphatic rings. The summed E-state index contributed by atoms with van der Waals surface area (Å²) >= 11 is 6.11. The number of amides is 1. The van der Waals surface area contributed by atoms with E-state index in [0.29, 0.717) is 18.7 Å². The molecular weight excluding hydrogens is 202 g/mol. The lowest BCUT2D eigenvalue weighted by Crippen LogP contribution is -2.47. The molecule has 80 valence electrons. The number of fused-ring (bicyclic) bond motifs is 2. The molecule has 3 nitrogen and oxygen atoms in total. The summed E-state index contributed by atoms with van der Waals surface area (Å²) in [5.74, 6) is 0. The Hall–Kier alpha value is -0.440. The molecule has 0 spiro atoms. The Labute approximate surface area is 89.4 Å². The summed E-state index contributed by atoms with van der Waals surface area (Å²) in [6.45, 7) is 2.30. The molecule has 2 saturated heterocycles. The number of rotatable bonds is 1. The van der Waals surface area contributed by atoms with Gasteiger partial charge in [-0.15, -0.1) is 11.6 Å². The van der Waals surface area contributed by atoms with Gasteiger partial charge in [-0.3, -0.25) is 0 Å². The van der Waals surface area contributed by atoms with Crippen LogP contribution in [0.5, 0.6) is 0 Å². The third-order valence-corrected chi connectivity index (χ3v) is 3.51. The van der Waals surface area contributed by atoms with Gasteiger partial charge < -0.3 is 9.64 Å². The van der Waals surface area contributed by atoms with Crippen molar-refractivity contribution in [3.8, 4) is 0 Å². The minimum atomic E-state index is -0.149. The summed E-state index contributed by atoms with van der Waals surface area (Å²) in [4.78, 5) is 13.5. The predicted octanol–water partition coefficient (Wildman–Crippen LogP) is 2.38. The van der Waals surface area contributed by atoms with Crippen LogP contribution in [0.1, 0.15) is 32.6 Å². The number of piperidine rings is 1. The Morgan fingerprint density at radius 3 is 2.50 bits per heavy atom. The van der Waals surface area contributed by atoms with E-state index in [9.17, 15) is 4.79 Å². The summed E-state index contributed by atoms with van der Waals surface area (Å²) < 4.78 is 5.04. The average Bonchev–Trinajstić information content (AvgIpc) is 2.39. The van der Waals surface area contributed by atoms with Crippen molar-refractivity contribution in [3.05, 3.63) is 0 Å². The zero-order valence-corrected chi connectivity index (χ0v) is 9.17. The first-order valence-electron chi connectivity index (χ1n) is 5.31. The summed E-state index contributed by atoms with van der Waals surface area (Å²) in [6, 6.07) is 0.658. The zero-order chi connectivity index (χ0) is 10.1. The summed E-state index contributed by atoms with van der Waals surface area (Å²) in [5.41, 5.74) is 0. The van der Waals surface area contributed by atoms with Crippen molar-refractivity contribution in [1.29, 1.82) is 0 Å². The van der Waals surface area contributed by atoms with Gasteiger partial charge in [-0.1, -0.05) is 0 Å². The van der Waals surface area contributed by atoms with Crippen molar-refractivity contribution in [3.63, 3.8) is 0 Å². The number of carbonyl (C=O) groups is 1. The molecule has 2 aliphatic heterocycles. The molecule has 0 aromatic carbocycles. The second kappa shape index (κ2) is 3.97. The van der Waals surface area contributed by atoms with Crippen LogP contribution in [0.3, 0.4) is 0 Å². The fourth-order valence-electron chi connectivity index (χ4n) is 2.61. The molecule has 3 atom stereocenters. The van der Waals surface area contributed by atoms with Crippen LogP contribution in [0, 0.1) is 0 Å². The van der Waals surface area contributed by atoms with Crippen LogP contribution in [0.4, 0.5) is 4.79 Å². The molecule has 0 N–H and O–H groups in total. The predicted molar refractivity (Wildman–Crippen MR) is 54.5 cm³/mol. The molecule has 4 heteroatoms. The van der Waals surface area contributed by atoms with E-state index in [0.717, 1.165) is 25.7 Å². The highest BCUT2D eigenvalue weighted by Gasteiger charge is 2.43. The fourth-order valence-corrected chi connectivity index (χ4v) is 3.02. The smallest absolute Gasteiger partial charge is 0.410 e. The lowest BCUT2D eigenvalue weighted by molar-refractivity contribution is 0.0743. The van der Waals surface area contributed by atoms with E-state index in [1.807, 2.05) is 11.8 Å². The highest BCUT2D eigenvalue weighted by Crippen LogP contribution is 2.37. The average molecular weight is 218 g/mol. The molecule has 14 heavy (non-hydrogen) atoms. The van der Waals surface area contributed by atoms with Crippen molar-refractivity contribution in [1.82, 2.24) is 4.90 Å². The third kappa shape index (κ3) is 1.70. The second-order valence-electron chi connectivity index (χ2n) is 4.06. The van der Waals surface area contributed by atoms with Gasteiger partial charge >= 0.3 is 6.09 Å². The first-order valence-corrected chi connectivity index (χ1v) is 5.75. The molecule has 0 radical (unpaired) electrons. The van der Waals surface area contributed by atoms with E-state index in [-0.39, 0.29) is 11.5 Å². The first kappa shape index (κ1) is 10.1. The lowest BCUT2D eigenvalue weighted by atomic mass is 10.0. The first-order chi connectivity index (χ1) is 6.72. The van der Waals surface area contributed by atoms with Gasteiger partial charge in [0.2, 0.25) is 0 Å². The van der Waals surface area contributed by atoms with Crippen molar-refractivity contribution in [2.24, 2.45) is 0 Å². The third-order valence-electron chi connectivity index (χ3n) is 3.15. The summed E-state index contributed by atoms with van der Waals surface area (Å²) in [7, 11) is 0. The number of hydrogen-bond acceptors (Lipinski definition) is 2. The Kier molecular flexibility index (Phi) is 2.86. The van der Waals surface area contributed by atoms with Crippen molar-refractivity contribution >= 4 is 17.7 Å². The van der Waals surface area contributed by atoms with Gasteiger partial charge in [0.15, 0.2) is 0 Å². The number of alkyl halides is 1. The van der Waals surface area contributed by atoms with Gasteiger partial charge in [-0.05, 0) is 32.6 Å². The largest absolute Gasteiger partial charge is 0.450 e. The van der Waals surface area contributed by atoms with E-state index < -0.39 is 0 Å². The fraction of sp³-hybridized carbons (Fsp3) is 0.900. The molecule has 1 unspecified atom stereocenters. The van der Waals surface area contributed by atoms with Crippen LogP contribution in [0.25, 0.3) is 0 Å². The van der Waals surface area contributed by atoms with Crippen LogP contribution < -0.4 is 0 Å². The van der Waals surface area contributed by atoms with E-state index >= 15 is 0 Å². The van der Waals surface area contributed by atoms with Crippen molar-refractivity contribution in [2.45, 2.75) is 50.1 Å². The van der Waals surface area contributed by atoms with E-state index in [1.54, 1.807) is 0 Å². The topological polar surface area (TPSA) is 29.5 Å². The summed E-state index contributed by atoms with van der Waals surface area (Å²) in [6.07, 6.45) is 3.89. The van der Waals surface area contributed by atoms with E-state index in [4.69, 9.17) is 16.3 Å². The standard InChI is InChI=1S/C10H16ClNO2/c1-2-14-10(13)12-8-3-4-9(12)6-7(11)5-8/h7-9H,2-6H2,1H3/t7?,8-,9+. The van der Waals surface area contributed by atoms with E-state index in [1.165, 1.54) is 0 Å². The number of hydrogen-bond donors (Lipinski definition) is 0. The molecule has 2 rings (SSSR count).